The lowest BCUT2D eigenvalue weighted by molar-refractivity contribution is -0.139. The number of carbonyl (C=O) groups excluding carboxylic acids is 1. The van der Waals surface area contributed by atoms with Gasteiger partial charge in [-0.25, -0.2) is 9.59 Å². The minimum atomic E-state index is -1.03. The summed E-state index contributed by atoms with van der Waals surface area (Å²) in [5.41, 5.74) is 1.49. The smallest absolute Gasteiger partial charge is 0.326 e. The molecule has 1 atom stereocenters. The molecule has 1 aromatic rings. The Hall–Kier alpha value is -2.24. The molecule has 6 nitrogen and oxygen atoms in total. The fraction of sp³-hybridized carbons (Fsp3) is 0.429. The van der Waals surface area contributed by atoms with Crippen LogP contribution < -0.4 is 15.5 Å². The Balaban J connectivity index is 2.73. The molecule has 0 saturated carbocycles. The zero-order valence-corrected chi connectivity index (χ0v) is 12.0. The van der Waals surface area contributed by atoms with E-state index in [2.05, 4.69) is 10.6 Å². The van der Waals surface area contributed by atoms with Crippen molar-refractivity contribution in [1.82, 2.24) is 5.32 Å². The van der Waals surface area contributed by atoms with Crippen LogP contribution in [0.25, 0.3) is 0 Å². The third kappa shape index (κ3) is 4.46. The Morgan fingerprint density at radius 1 is 1.30 bits per heavy atom. The van der Waals surface area contributed by atoms with Gasteiger partial charge >= 0.3 is 12.0 Å². The number of para-hydroxylation sites is 2. The molecule has 1 aromatic carbocycles. The third-order valence-corrected chi connectivity index (χ3v) is 2.81. The Bertz CT molecular complexity index is 474. The second-order valence-electron chi connectivity index (χ2n) is 4.69. The van der Waals surface area contributed by atoms with E-state index in [4.69, 9.17) is 5.11 Å². The summed E-state index contributed by atoms with van der Waals surface area (Å²) < 4.78 is 0. The molecule has 110 valence electrons. The first-order valence-corrected chi connectivity index (χ1v) is 6.52. The van der Waals surface area contributed by atoms with Gasteiger partial charge in [0.1, 0.15) is 6.04 Å². The van der Waals surface area contributed by atoms with Crippen molar-refractivity contribution in [3.63, 3.8) is 0 Å². The molecular weight excluding hydrogens is 258 g/mol. The highest BCUT2D eigenvalue weighted by atomic mass is 16.4. The molecule has 3 N–H and O–H groups in total. The molecule has 0 radical (unpaired) electrons. The lowest BCUT2D eigenvalue weighted by Gasteiger charge is -2.19. The van der Waals surface area contributed by atoms with Gasteiger partial charge in [-0.1, -0.05) is 25.5 Å². The van der Waals surface area contributed by atoms with Gasteiger partial charge in [0.15, 0.2) is 0 Å². The number of carboxylic acid groups (broad SMARTS) is 1. The number of carbonyl (C=O) groups is 2. The van der Waals surface area contributed by atoms with Crippen molar-refractivity contribution in [2.45, 2.75) is 25.8 Å². The molecule has 0 aliphatic heterocycles. The maximum absolute atomic E-state index is 11.9. The molecule has 0 aliphatic carbocycles. The standard InChI is InChI=1S/C14H21N3O3/c1-4-7-11(13(18)19)16-14(20)15-10-8-5-6-9-12(10)17(2)3/h5-6,8-9,11H,4,7H2,1-3H3,(H,18,19)(H2,15,16,20). The first-order chi connectivity index (χ1) is 9.45. The monoisotopic (exact) mass is 279 g/mol. The topological polar surface area (TPSA) is 81.7 Å². The van der Waals surface area contributed by atoms with Crippen molar-refractivity contribution >= 4 is 23.4 Å². The molecular formula is C14H21N3O3. The van der Waals surface area contributed by atoms with Crippen LogP contribution in [0.5, 0.6) is 0 Å². The number of hydrogen-bond donors (Lipinski definition) is 3. The minimum absolute atomic E-state index is 0.401. The number of amides is 2. The predicted octanol–water partition coefficient (Wildman–Crippen LogP) is 2.13. The molecule has 0 aromatic heterocycles. The van der Waals surface area contributed by atoms with Crippen LogP contribution in [0.3, 0.4) is 0 Å². The zero-order valence-electron chi connectivity index (χ0n) is 12.0. The number of benzene rings is 1. The number of rotatable bonds is 6. The van der Waals surface area contributed by atoms with Gasteiger partial charge in [-0.05, 0) is 18.6 Å². The van der Waals surface area contributed by atoms with Gasteiger partial charge in [0.05, 0.1) is 11.4 Å². The highest BCUT2D eigenvalue weighted by Gasteiger charge is 2.19. The number of hydrogen-bond acceptors (Lipinski definition) is 3. The first-order valence-electron chi connectivity index (χ1n) is 6.52. The van der Waals surface area contributed by atoms with E-state index in [-0.39, 0.29) is 0 Å². The molecule has 0 heterocycles. The number of nitrogens with zero attached hydrogens (tertiary/aromatic N) is 1. The van der Waals surface area contributed by atoms with E-state index in [0.717, 1.165) is 5.69 Å². The van der Waals surface area contributed by atoms with Crippen LogP contribution in [-0.4, -0.2) is 37.2 Å². The SMILES string of the molecule is CCCC(NC(=O)Nc1ccccc1N(C)C)C(=O)O. The van der Waals surface area contributed by atoms with Gasteiger partial charge in [0, 0.05) is 14.1 Å². The number of carboxylic acids is 1. The van der Waals surface area contributed by atoms with Crippen molar-refractivity contribution < 1.29 is 14.7 Å². The number of urea groups is 1. The van der Waals surface area contributed by atoms with E-state index in [1.165, 1.54) is 0 Å². The van der Waals surface area contributed by atoms with Gasteiger partial charge in [0.2, 0.25) is 0 Å². The first kappa shape index (κ1) is 15.8. The fourth-order valence-electron chi connectivity index (χ4n) is 1.83. The summed E-state index contributed by atoms with van der Waals surface area (Å²) in [6.07, 6.45) is 1.09. The average Bonchev–Trinajstić information content (AvgIpc) is 2.38. The predicted molar refractivity (Wildman–Crippen MR) is 79.3 cm³/mol. The largest absolute Gasteiger partial charge is 0.480 e. The average molecular weight is 279 g/mol. The summed E-state index contributed by atoms with van der Waals surface area (Å²) in [7, 11) is 3.74. The molecule has 0 aliphatic rings. The zero-order chi connectivity index (χ0) is 15.1. The van der Waals surface area contributed by atoms with Crippen molar-refractivity contribution in [1.29, 1.82) is 0 Å². The van der Waals surface area contributed by atoms with Crippen LogP contribution >= 0.6 is 0 Å². The molecule has 0 saturated heterocycles. The number of anilines is 2. The second-order valence-corrected chi connectivity index (χ2v) is 4.69. The Morgan fingerprint density at radius 3 is 2.50 bits per heavy atom. The summed E-state index contributed by atoms with van der Waals surface area (Å²) in [4.78, 5) is 24.7. The second kappa shape index (κ2) is 7.37. The van der Waals surface area contributed by atoms with Crippen LogP contribution in [0.1, 0.15) is 19.8 Å². The van der Waals surface area contributed by atoms with Crippen LogP contribution in [-0.2, 0) is 4.79 Å². The highest BCUT2D eigenvalue weighted by molar-refractivity contribution is 5.95. The minimum Gasteiger partial charge on any atom is -0.480 e. The summed E-state index contributed by atoms with van der Waals surface area (Å²) >= 11 is 0. The molecule has 0 spiro atoms. The summed E-state index contributed by atoms with van der Waals surface area (Å²) in [6, 6.07) is 5.94. The van der Waals surface area contributed by atoms with Gasteiger partial charge in [-0.15, -0.1) is 0 Å². The Labute approximate surface area is 118 Å². The van der Waals surface area contributed by atoms with Crippen molar-refractivity contribution in [3.05, 3.63) is 24.3 Å². The highest BCUT2D eigenvalue weighted by Crippen LogP contribution is 2.23. The quantitative estimate of drug-likeness (QED) is 0.745. The van der Waals surface area contributed by atoms with E-state index in [0.29, 0.717) is 18.5 Å². The lowest BCUT2D eigenvalue weighted by atomic mass is 10.2. The summed E-state index contributed by atoms with van der Waals surface area (Å²) in [6.45, 7) is 1.87. The molecule has 1 rings (SSSR count). The van der Waals surface area contributed by atoms with Crippen molar-refractivity contribution in [2.24, 2.45) is 0 Å². The van der Waals surface area contributed by atoms with Crippen molar-refractivity contribution in [2.75, 3.05) is 24.3 Å². The maximum atomic E-state index is 11.9. The maximum Gasteiger partial charge on any atom is 0.326 e. The van der Waals surface area contributed by atoms with Gasteiger partial charge in [-0.2, -0.15) is 0 Å². The van der Waals surface area contributed by atoms with E-state index in [9.17, 15) is 9.59 Å². The van der Waals surface area contributed by atoms with E-state index < -0.39 is 18.0 Å². The van der Waals surface area contributed by atoms with Gasteiger partial charge < -0.3 is 20.6 Å². The van der Waals surface area contributed by atoms with E-state index >= 15 is 0 Å². The molecule has 0 bridgehead atoms. The van der Waals surface area contributed by atoms with Crippen LogP contribution in [0, 0.1) is 0 Å². The van der Waals surface area contributed by atoms with Gasteiger partial charge in [-0.3, -0.25) is 0 Å². The number of nitrogens with one attached hydrogen (secondary N) is 2. The molecule has 2 amide bonds. The van der Waals surface area contributed by atoms with Crippen LogP contribution in [0.4, 0.5) is 16.2 Å². The fourth-order valence-corrected chi connectivity index (χ4v) is 1.83. The van der Waals surface area contributed by atoms with Crippen LogP contribution in [0.15, 0.2) is 24.3 Å². The van der Waals surface area contributed by atoms with Gasteiger partial charge in [0.25, 0.3) is 0 Å². The molecule has 1 unspecified atom stereocenters. The third-order valence-electron chi connectivity index (χ3n) is 2.81. The van der Waals surface area contributed by atoms with E-state index in [1.807, 2.05) is 44.1 Å². The van der Waals surface area contributed by atoms with Crippen LogP contribution in [0.2, 0.25) is 0 Å². The Morgan fingerprint density at radius 2 is 1.95 bits per heavy atom. The molecule has 6 heteroatoms. The van der Waals surface area contributed by atoms with Crippen molar-refractivity contribution in [3.8, 4) is 0 Å². The van der Waals surface area contributed by atoms with E-state index in [1.54, 1.807) is 6.07 Å². The summed E-state index contributed by atoms with van der Waals surface area (Å²) in [5, 5.41) is 14.2. The molecule has 0 fully saturated rings. The normalized spacial score (nSPS) is 11.6. The Kier molecular flexibility index (Phi) is 5.83. The molecule has 20 heavy (non-hydrogen) atoms. The summed E-state index contributed by atoms with van der Waals surface area (Å²) in [5.74, 6) is -1.03. The number of aliphatic carboxylic acids is 1. The lowest BCUT2D eigenvalue weighted by Crippen LogP contribution is -2.43.